The molecule has 4 aliphatic carbocycles. The number of amides is 4. The Morgan fingerprint density at radius 2 is 1.33 bits per heavy atom. The van der Waals surface area contributed by atoms with Gasteiger partial charge in [-0.3, -0.25) is 19.2 Å². The highest BCUT2D eigenvalue weighted by Crippen LogP contribution is 2.53. The fraction of sp³-hybridized carbons (Fsp3) is 0.529. The summed E-state index contributed by atoms with van der Waals surface area (Å²) >= 11 is 1.57. The summed E-state index contributed by atoms with van der Waals surface area (Å²) in [6, 6.07) is 17.6. The number of hydrogen-bond acceptors (Lipinski definition) is 6. The fourth-order valence-corrected chi connectivity index (χ4v) is 7.98. The third-order valence-corrected chi connectivity index (χ3v) is 10.0. The Kier molecular flexibility index (Phi) is 14.7. The van der Waals surface area contributed by atoms with Crippen molar-refractivity contribution in [3.63, 3.8) is 0 Å². The van der Waals surface area contributed by atoms with Gasteiger partial charge in [-0.15, -0.1) is 12.4 Å². The van der Waals surface area contributed by atoms with Crippen LogP contribution in [0.2, 0.25) is 0 Å². The van der Waals surface area contributed by atoms with Gasteiger partial charge < -0.3 is 32.1 Å². The lowest BCUT2D eigenvalue weighted by Gasteiger charge is -2.54. The second-order valence-electron chi connectivity index (χ2n) is 12.6. The Bertz CT molecular complexity index is 1260. The van der Waals surface area contributed by atoms with E-state index in [1.807, 2.05) is 66.9 Å². The maximum atomic E-state index is 13.7. The standard InChI is InChI=1S/C34H45N5O4S.ClH.H2O/c1-44-13-12-28(37-30(40)20-35-27-10-6-3-7-11-27)33(42)36-21-31(41)38-29(19-22-8-4-2-5-9-22)34(43)39-32-25-15-23-14-24(17-25)18-26(32)16-23;;/h2-11,23-26,28-29,32,35H,12-21H2,1H3,(H,36,42)(H,37,40)(H,38,41)(H,39,43);1H;1H2/t23?,24?,25?,26?,28-,29+,32?;;/m1../s1. The largest absolute Gasteiger partial charge is 0.412 e. The van der Waals surface area contributed by atoms with E-state index in [1.54, 1.807) is 11.8 Å². The van der Waals surface area contributed by atoms with Crippen LogP contribution in [0.15, 0.2) is 60.7 Å². The molecule has 0 heterocycles. The molecule has 0 saturated heterocycles. The lowest BCUT2D eigenvalue weighted by molar-refractivity contribution is -0.132. The van der Waals surface area contributed by atoms with Crippen molar-refractivity contribution in [1.82, 2.24) is 21.3 Å². The molecule has 4 fully saturated rings. The fourth-order valence-electron chi connectivity index (χ4n) is 7.51. The predicted molar refractivity (Wildman–Crippen MR) is 185 cm³/mol. The van der Waals surface area contributed by atoms with Crippen LogP contribution in [-0.2, 0) is 25.6 Å². The minimum absolute atomic E-state index is 0. The Morgan fingerprint density at radius 3 is 1.93 bits per heavy atom. The monoisotopic (exact) mass is 673 g/mol. The summed E-state index contributed by atoms with van der Waals surface area (Å²) in [4.78, 5) is 52.4. The quantitative estimate of drug-likeness (QED) is 0.196. The summed E-state index contributed by atoms with van der Waals surface area (Å²) in [6.07, 6.45) is 8.83. The van der Waals surface area contributed by atoms with Gasteiger partial charge in [0.1, 0.15) is 12.1 Å². The molecule has 6 rings (SSSR count). The number of thioether (sulfide) groups is 1. The molecule has 0 aliphatic heterocycles. The van der Waals surface area contributed by atoms with E-state index in [-0.39, 0.29) is 48.8 Å². The van der Waals surface area contributed by atoms with E-state index in [0.717, 1.165) is 23.1 Å². The molecule has 10 nitrogen and oxygen atoms in total. The molecule has 4 saturated carbocycles. The Hall–Kier alpha value is -3.28. The molecule has 0 aromatic heterocycles. The lowest BCUT2D eigenvalue weighted by Crippen LogP contribution is -2.60. The van der Waals surface area contributed by atoms with Crippen molar-refractivity contribution in [2.75, 3.05) is 30.4 Å². The summed E-state index contributed by atoms with van der Waals surface area (Å²) in [6.45, 7) is -0.267. The number of anilines is 1. The summed E-state index contributed by atoms with van der Waals surface area (Å²) in [5.74, 6) is 1.97. The second kappa shape index (κ2) is 18.2. The van der Waals surface area contributed by atoms with Crippen molar-refractivity contribution < 1.29 is 24.7 Å². The highest BCUT2D eigenvalue weighted by atomic mass is 35.5. The van der Waals surface area contributed by atoms with Crippen molar-refractivity contribution in [3.8, 4) is 0 Å². The molecule has 46 heavy (non-hydrogen) atoms. The molecule has 0 radical (unpaired) electrons. The predicted octanol–water partition coefficient (Wildman–Crippen LogP) is 2.72. The molecule has 4 aliphatic rings. The van der Waals surface area contributed by atoms with Crippen LogP contribution in [0, 0.1) is 23.7 Å². The number of benzene rings is 2. The first-order valence-corrected chi connectivity index (χ1v) is 17.3. The third kappa shape index (κ3) is 10.4. The number of carbonyl (C=O) groups is 4. The highest BCUT2D eigenvalue weighted by Gasteiger charge is 2.49. The maximum Gasteiger partial charge on any atom is 0.243 e. The molecule has 0 spiro atoms. The van der Waals surface area contributed by atoms with Crippen LogP contribution in [0.4, 0.5) is 5.69 Å². The summed E-state index contributed by atoms with van der Waals surface area (Å²) < 4.78 is 0. The van der Waals surface area contributed by atoms with Gasteiger partial charge in [-0.05, 0) is 91.9 Å². The molecule has 252 valence electrons. The molecule has 12 heteroatoms. The van der Waals surface area contributed by atoms with E-state index in [0.29, 0.717) is 30.4 Å². The van der Waals surface area contributed by atoms with Crippen LogP contribution < -0.4 is 26.6 Å². The zero-order valence-corrected chi connectivity index (χ0v) is 28.0. The van der Waals surface area contributed by atoms with Crippen molar-refractivity contribution in [1.29, 1.82) is 0 Å². The SMILES string of the molecule is CSCC[C@@H](NC(=O)CNc1ccccc1)C(=O)NCC(=O)N[C@@H](Cc1ccccc1)C(=O)NC1C2CC3CC(C2)CC1C3.Cl.O. The number of hydrogen-bond donors (Lipinski definition) is 5. The van der Waals surface area contributed by atoms with Crippen LogP contribution >= 0.6 is 24.2 Å². The molecule has 4 amide bonds. The Balaban J connectivity index is 0.00000288. The molecule has 0 unspecified atom stereocenters. The zero-order valence-electron chi connectivity index (χ0n) is 26.3. The molecule has 2 atom stereocenters. The van der Waals surface area contributed by atoms with E-state index in [4.69, 9.17) is 0 Å². The van der Waals surface area contributed by atoms with Gasteiger partial charge in [-0.2, -0.15) is 11.8 Å². The molecule has 4 bridgehead atoms. The summed E-state index contributed by atoms with van der Waals surface area (Å²) in [5, 5.41) is 14.7. The molecular weight excluding hydrogens is 626 g/mol. The van der Waals surface area contributed by atoms with E-state index < -0.39 is 23.9 Å². The normalized spacial score (nSPS) is 23.5. The van der Waals surface area contributed by atoms with E-state index in [1.165, 1.54) is 32.1 Å². The Morgan fingerprint density at radius 1 is 0.761 bits per heavy atom. The van der Waals surface area contributed by atoms with Crippen LogP contribution in [0.5, 0.6) is 0 Å². The lowest BCUT2D eigenvalue weighted by atomic mass is 9.54. The maximum absolute atomic E-state index is 13.7. The van der Waals surface area contributed by atoms with Crippen LogP contribution in [0.25, 0.3) is 0 Å². The van der Waals surface area contributed by atoms with Crippen LogP contribution in [-0.4, -0.2) is 72.3 Å². The smallest absolute Gasteiger partial charge is 0.243 e. The first kappa shape index (κ1) is 37.2. The van der Waals surface area contributed by atoms with E-state index in [9.17, 15) is 19.2 Å². The molecule has 2 aromatic carbocycles. The van der Waals surface area contributed by atoms with Gasteiger partial charge >= 0.3 is 0 Å². The summed E-state index contributed by atoms with van der Waals surface area (Å²) in [5.41, 5.74) is 1.76. The van der Waals surface area contributed by atoms with Crippen molar-refractivity contribution in [3.05, 3.63) is 66.2 Å². The van der Waals surface area contributed by atoms with Crippen LogP contribution in [0.3, 0.4) is 0 Å². The van der Waals surface area contributed by atoms with Gasteiger partial charge in [-0.1, -0.05) is 48.5 Å². The van der Waals surface area contributed by atoms with Gasteiger partial charge in [0.2, 0.25) is 23.6 Å². The molecule has 2 aromatic rings. The molecule has 7 N–H and O–H groups in total. The first-order valence-electron chi connectivity index (χ1n) is 15.9. The van der Waals surface area contributed by atoms with Crippen molar-refractivity contribution >= 4 is 53.5 Å². The number of rotatable bonds is 15. The number of para-hydroxylation sites is 1. The highest BCUT2D eigenvalue weighted by molar-refractivity contribution is 7.98. The summed E-state index contributed by atoms with van der Waals surface area (Å²) in [7, 11) is 0. The minimum Gasteiger partial charge on any atom is -0.412 e. The van der Waals surface area contributed by atoms with Crippen molar-refractivity contribution in [2.45, 2.75) is 63.1 Å². The van der Waals surface area contributed by atoms with Crippen LogP contribution in [0.1, 0.15) is 44.1 Å². The van der Waals surface area contributed by atoms with Gasteiger partial charge in [0.25, 0.3) is 0 Å². The zero-order chi connectivity index (χ0) is 30.9. The second-order valence-corrected chi connectivity index (χ2v) is 13.6. The minimum atomic E-state index is -0.777. The first-order chi connectivity index (χ1) is 21.4. The van der Waals surface area contributed by atoms with E-state index in [2.05, 4.69) is 26.6 Å². The average molecular weight is 674 g/mol. The third-order valence-electron chi connectivity index (χ3n) is 9.38. The van der Waals surface area contributed by atoms with Gasteiger partial charge in [0.05, 0.1) is 13.1 Å². The average Bonchev–Trinajstić information content (AvgIpc) is 3.03. The number of carbonyl (C=O) groups excluding carboxylic acids is 4. The van der Waals surface area contributed by atoms with Gasteiger partial charge in [0.15, 0.2) is 0 Å². The van der Waals surface area contributed by atoms with Crippen molar-refractivity contribution in [2.24, 2.45) is 23.7 Å². The number of halogens is 1. The van der Waals surface area contributed by atoms with E-state index >= 15 is 0 Å². The molecular formula is C34H48ClN5O5S. The van der Waals surface area contributed by atoms with Gasteiger partial charge in [0, 0.05) is 18.2 Å². The van der Waals surface area contributed by atoms with Gasteiger partial charge in [-0.25, -0.2) is 0 Å². The Labute approximate surface area is 282 Å². The number of nitrogens with one attached hydrogen (secondary N) is 5. The topological polar surface area (TPSA) is 160 Å².